The van der Waals surface area contributed by atoms with E-state index in [0.29, 0.717) is 5.56 Å². The van der Waals surface area contributed by atoms with Crippen LogP contribution in [-0.2, 0) is 0 Å². The van der Waals surface area contributed by atoms with Crippen molar-refractivity contribution in [3.05, 3.63) is 45.0 Å². The minimum absolute atomic E-state index is 0.184. The number of benzene rings is 1. The summed E-state index contributed by atoms with van der Waals surface area (Å²) in [5.41, 5.74) is 2.75. The summed E-state index contributed by atoms with van der Waals surface area (Å²) in [6, 6.07) is 3.58. The molecule has 0 atom stereocenters. The number of nitro benzene ring substituents is 1. The van der Waals surface area contributed by atoms with Crippen LogP contribution in [-0.4, -0.2) is 18.5 Å². The third-order valence-corrected chi connectivity index (χ3v) is 2.55. The minimum Gasteiger partial charge on any atom is -0.319 e. The second kappa shape index (κ2) is 6.15. The molecule has 92 valence electrons. The molecular formula is C13H18N2O2. The monoisotopic (exact) mass is 234 g/mol. The summed E-state index contributed by atoms with van der Waals surface area (Å²) in [5.74, 6) is 0. The lowest BCUT2D eigenvalue weighted by Gasteiger charge is -2.04. The van der Waals surface area contributed by atoms with Crippen LogP contribution in [0.4, 0.5) is 5.69 Å². The third-order valence-electron chi connectivity index (χ3n) is 2.55. The summed E-state index contributed by atoms with van der Waals surface area (Å²) >= 11 is 0. The van der Waals surface area contributed by atoms with Gasteiger partial charge in [-0.3, -0.25) is 10.1 Å². The topological polar surface area (TPSA) is 55.2 Å². The maximum absolute atomic E-state index is 11.0. The molecular weight excluding hydrogens is 216 g/mol. The first-order valence-corrected chi connectivity index (χ1v) is 5.63. The van der Waals surface area contributed by atoms with Crippen molar-refractivity contribution in [1.82, 2.24) is 5.32 Å². The van der Waals surface area contributed by atoms with Crippen LogP contribution < -0.4 is 5.32 Å². The molecule has 0 aromatic heterocycles. The van der Waals surface area contributed by atoms with Gasteiger partial charge in [-0.05, 0) is 45.0 Å². The van der Waals surface area contributed by atoms with Crippen molar-refractivity contribution in [2.75, 3.05) is 13.6 Å². The molecule has 0 radical (unpaired) electrons. The van der Waals surface area contributed by atoms with Crippen molar-refractivity contribution in [2.24, 2.45) is 0 Å². The van der Waals surface area contributed by atoms with Crippen molar-refractivity contribution in [1.29, 1.82) is 0 Å². The summed E-state index contributed by atoms with van der Waals surface area (Å²) in [7, 11) is 1.88. The summed E-state index contributed by atoms with van der Waals surface area (Å²) in [5, 5.41) is 14.0. The minimum atomic E-state index is -0.322. The van der Waals surface area contributed by atoms with E-state index >= 15 is 0 Å². The predicted octanol–water partition coefficient (Wildman–Crippen LogP) is 2.83. The highest BCUT2D eigenvalue weighted by Gasteiger charge is 2.14. The number of hydrogen-bond donors (Lipinski definition) is 1. The normalized spacial score (nSPS) is 11.0. The molecule has 0 spiro atoms. The summed E-state index contributed by atoms with van der Waals surface area (Å²) < 4.78 is 0. The largest absolute Gasteiger partial charge is 0.319 e. The Morgan fingerprint density at radius 3 is 2.71 bits per heavy atom. The van der Waals surface area contributed by atoms with Crippen LogP contribution in [0.3, 0.4) is 0 Å². The molecule has 0 amide bonds. The van der Waals surface area contributed by atoms with Crippen molar-refractivity contribution in [3.63, 3.8) is 0 Å². The average molecular weight is 234 g/mol. The van der Waals surface area contributed by atoms with Crippen LogP contribution >= 0.6 is 0 Å². The number of aryl methyl sites for hydroxylation is 2. The molecule has 0 fully saturated rings. The van der Waals surface area contributed by atoms with Crippen LogP contribution in [0.1, 0.15) is 23.1 Å². The van der Waals surface area contributed by atoms with Gasteiger partial charge >= 0.3 is 0 Å². The zero-order chi connectivity index (χ0) is 12.8. The molecule has 0 unspecified atom stereocenters. The molecule has 1 aromatic rings. The van der Waals surface area contributed by atoms with Crippen molar-refractivity contribution in [3.8, 4) is 0 Å². The van der Waals surface area contributed by atoms with Crippen molar-refractivity contribution < 1.29 is 4.92 Å². The predicted molar refractivity (Wildman–Crippen MR) is 70.1 cm³/mol. The van der Waals surface area contributed by atoms with Crippen LogP contribution in [0.2, 0.25) is 0 Å². The van der Waals surface area contributed by atoms with E-state index in [2.05, 4.69) is 5.32 Å². The summed E-state index contributed by atoms with van der Waals surface area (Å²) in [6.07, 6.45) is 4.66. The first kappa shape index (κ1) is 13.4. The van der Waals surface area contributed by atoms with Crippen molar-refractivity contribution in [2.45, 2.75) is 20.3 Å². The highest BCUT2D eigenvalue weighted by Crippen LogP contribution is 2.25. The van der Waals surface area contributed by atoms with Crippen LogP contribution in [0.25, 0.3) is 6.08 Å². The molecule has 1 aromatic carbocycles. The van der Waals surface area contributed by atoms with Gasteiger partial charge in [-0.2, -0.15) is 0 Å². The Hall–Kier alpha value is -1.68. The second-order valence-corrected chi connectivity index (χ2v) is 4.07. The fourth-order valence-electron chi connectivity index (χ4n) is 1.75. The number of rotatable bonds is 5. The van der Waals surface area contributed by atoms with Gasteiger partial charge < -0.3 is 5.32 Å². The van der Waals surface area contributed by atoms with E-state index < -0.39 is 0 Å². The molecule has 0 heterocycles. The van der Waals surface area contributed by atoms with E-state index in [-0.39, 0.29) is 10.6 Å². The Morgan fingerprint density at radius 2 is 2.12 bits per heavy atom. The van der Waals surface area contributed by atoms with Gasteiger partial charge in [-0.15, -0.1) is 0 Å². The van der Waals surface area contributed by atoms with Gasteiger partial charge in [0, 0.05) is 6.07 Å². The first-order chi connectivity index (χ1) is 8.06. The number of nitro groups is 1. The van der Waals surface area contributed by atoms with Gasteiger partial charge in [0.05, 0.1) is 10.5 Å². The highest BCUT2D eigenvalue weighted by atomic mass is 16.6. The van der Waals surface area contributed by atoms with E-state index in [1.807, 2.05) is 39.1 Å². The van der Waals surface area contributed by atoms with E-state index in [1.165, 1.54) is 0 Å². The molecule has 0 saturated heterocycles. The maximum atomic E-state index is 11.0. The van der Waals surface area contributed by atoms with Crippen LogP contribution in [0.5, 0.6) is 0 Å². The molecule has 0 aliphatic carbocycles. The SMILES string of the molecule is CNCCC=Cc1c(C)cc(C)cc1[N+](=O)[O-]. The standard InChI is InChI=1S/C13H18N2O2/c1-10-8-11(2)12(6-4-5-7-14-3)13(9-10)15(16)17/h4,6,8-9,14H,5,7H2,1-3H3. The Labute approximate surface area is 101 Å². The second-order valence-electron chi connectivity index (χ2n) is 4.07. The molecule has 0 aliphatic heterocycles. The number of hydrogen-bond acceptors (Lipinski definition) is 3. The molecule has 1 N–H and O–H groups in total. The summed E-state index contributed by atoms with van der Waals surface area (Å²) in [4.78, 5) is 10.7. The van der Waals surface area contributed by atoms with Gasteiger partial charge in [0.2, 0.25) is 0 Å². The number of nitrogens with zero attached hydrogens (tertiary/aromatic N) is 1. The zero-order valence-electron chi connectivity index (χ0n) is 10.5. The van der Waals surface area contributed by atoms with Crippen LogP contribution in [0, 0.1) is 24.0 Å². The molecule has 0 aliphatic rings. The highest BCUT2D eigenvalue weighted by molar-refractivity contribution is 5.65. The average Bonchev–Trinajstić information content (AvgIpc) is 2.25. The first-order valence-electron chi connectivity index (χ1n) is 5.63. The lowest BCUT2D eigenvalue weighted by atomic mass is 10.0. The van der Waals surface area contributed by atoms with E-state index in [9.17, 15) is 10.1 Å². The molecule has 4 heteroatoms. The zero-order valence-corrected chi connectivity index (χ0v) is 10.5. The molecule has 17 heavy (non-hydrogen) atoms. The Morgan fingerprint density at radius 1 is 1.41 bits per heavy atom. The summed E-state index contributed by atoms with van der Waals surface area (Å²) in [6.45, 7) is 4.64. The molecule has 1 rings (SSSR count). The molecule has 4 nitrogen and oxygen atoms in total. The van der Waals surface area contributed by atoms with Gasteiger partial charge in [0.25, 0.3) is 5.69 Å². The Bertz CT molecular complexity index is 439. The maximum Gasteiger partial charge on any atom is 0.277 e. The smallest absolute Gasteiger partial charge is 0.277 e. The fourth-order valence-corrected chi connectivity index (χ4v) is 1.75. The molecule has 0 bridgehead atoms. The van der Waals surface area contributed by atoms with Gasteiger partial charge in [0.15, 0.2) is 0 Å². The fraction of sp³-hybridized carbons (Fsp3) is 0.385. The van der Waals surface area contributed by atoms with E-state index in [4.69, 9.17) is 0 Å². The lowest BCUT2D eigenvalue weighted by Crippen LogP contribution is -2.05. The van der Waals surface area contributed by atoms with E-state index in [0.717, 1.165) is 24.1 Å². The van der Waals surface area contributed by atoms with Gasteiger partial charge in [-0.25, -0.2) is 0 Å². The van der Waals surface area contributed by atoms with E-state index in [1.54, 1.807) is 6.07 Å². The Kier molecular flexibility index (Phi) is 4.84. The van der Waals surface area contributed by atoms with Crippen LogP contribution in [0.15, 0.2) is 18.2 Å². The van der Waals surface area contributed by atoms with Gasteiger partial charge in [-0.1, -0.05) is 18.2 Å². The number of nitrogens with one attached hydrogen (secondary N) is 1. The Balaban J connectivity index is 3.04. The quantitative estimate of drug-likeness (QED) is 0.484. The van der Waals surface area contributed by atoms with Crippen molar-refractivity contribution >= 4 is 11.8 Å². The van der Waals surface area contributed by atoms with Gasteiger partial charge in [0.1, 0.15) is 0 Å². The molecule has 0 saturated carbocycles. The third kappa shape index (κ3) is 3.67. The lowest BCUT2D eigenvalue weighted by molar-refractivity contribution is -0.385.